The number of nitrogens with zero attached hydrogens (tertiary/aromatic N) is 3. The van der Waals surface area contributed by atoms with Crippen molar-refractivity contribution in [3.05, 3.63) is 90.0 Å². The molecular formula is C25H22N4O6S. The number of hydrogen-bond donors (Lipinski definition) is 1. The number of ether oxygens (including phenoxy) is 1. The summed E-state index contributed by atoms with van der Waals surface area (Å²) in [6, 6.07) is 21.2. The van der Waals surface area contributed by atoms with E-state index >= 15 is 0 Å². The Hall–Kier alpha value is -4.51. The summed E-state index contributed by atoms with van der Waals surface area (Å²) < 4.78 is 37.2. The van der Waals surface area contributed by atoms with Crippen LogP contribution in [0.3, 0.4) is 0 Å². The monoisotopic (exact) mass is 506 g/mol. The number of carbonyl (C=O) groups is 2. The van der Waals surface area contributed by atoms with Crippen molar-refractivity contribution in [3.8, 4) is 11.5 Å². The van der Waals surface area contributed by atoms with Crippen LogP contribution < -0.4 is 9.62 Å². The molecule has 1 heterocycles. The molecule has 0 aliphatic carbocycles. The maximum absolute atomic E-state index is 12.8. The van der Waals surface area contributed by atoms with Gasteiger partial charge >= 0.3 is 12.0 Å². The normalized spacial score (nSPS) is 11.1. The molecule has 0 radical (unpaired) electrons. The number of benzene rings is 3. The fraction of sp³-hybridized carbons (Fsp3) is 0.120. The van der Waals surface area contributed by atoms with Gasteiger partial charge in [0.2, 0.25) is 5.89 Å². The van der Waals surface area contributed by atoms with E-state index in [1.54, 1.807) is 24.3 Å². The van der Waals surface area contributed by atoms with Gasteiger partial charge in [0.05, 0.1) is 16.1 Å². The molecule has 184 valence electrons. The van der Waals surface area contributed by atoms with E-state index in [0.29, 0.717) is 11.3 Å². The Morgan fingerprint density at radius 3 is 2.28 bits per heavy atom. The largest absolute Gasteiger partial charge is 0.452 e. The average Bonchev–Trinajstić information content (AvgIpc) is 3.36. The highest BCUT2D eigenvalue weighted by Gasteiger charge is 2.21. The minimum Gasteiger partial charge on any atom is -0.452 e. The summed E-state index contributed by atoms with van der Waals surface area (Å²) in [7, 11) is -2.34. The Labute approximate surface area is 207 Å². The third-order valence-electron chi connectivity index (χ3n) is 5.17. The first-order valence-corrected chi connectivity index (χ1v) is 12.2. The molecule has 10 nitrogen and oxygen atoms in total. The van der Waals surface area contributed by atoms with Crippen molar-refractivity contribution < 1.29 is 27.2 Å². The Kier molecular flexibility index (Phi) is 7.11. The van der Waals surface area contributed by atoms with Crippen LogP contribution in [0.15, 0.2) is 88.2 Å². The van der Waals surface area contributed by atoms with Gasteiger partial charge in [0.15, 0.2) is 6.61 Å². The molecule has 0 saturated carbocycles. The predicted molar refractivity (Wildman–Crippen MR) is 132 cm³/mol. The minimum atomic E-state index is -3.76. The van der Waals surface area contributed by atoms with Crippen LogP contribution in [0.5, 0.6) is 0 Å². The van der Waals surface area contributed by atoms with Crippen molar-refractivity contribution in [3.63, 3.8) is 0 Å². The van der Waals surface area contributed by atoms with Gasteiger partial charge in [-0.2, -0.15) is 0 Å². The number of anilines is 2. The number of aromatic nitrogens is 2. The molecule has 4 rings (SSSR count). The van der Waals surface area contributed by atoms with Crippen LogP contribution in [0.1, 0.15) is 15.9 Å². The number of sulfonamides is 1. The zero-order chi connectivity index (χ0) is 25.7. The van der Waals surface area contributed by atoms with Crippen LogP contribution in [-0.2, 0) is 19.6 Å². The molecule has 11 heteroatoms. The van der Waals surface area contributed by atoms with Gasteiger partial charge < -0.3 is 9.15 Å². The molecule has 0 unspecified atom stereocenters. The molecule has 36 heavy (non-hydrogen) atoms. The zero-order valence-electron chi connectivity index (χ0n) is 19.4. The number of nitrogens with one attached hydrogen (secondary N) is 1. The molecule has 0 atom stereocenters. The van der Waals surface area contributed by atoms with E-state index in [9.17, 15) is 18.0 Å². The van der Waals surface area contributed by atoms with Gasteiger partial charge in [-0.15, -0.1) is 5.10 Å². The average molecular weight is 507 g/mol. The van der Waals surface area contributed by atoms with Crippen LogP contribution in [0.4, 0.5) is 11.7 Å². The Morgan fingerprint density at radius 1 is 0.944 bits per heavy atom. The molecule has 0 spiro atoms. The van der Waals surface area contributed by atoms with E-state index in [-0.39, 0.29) is 22.4 Å². The quantitative estimate of drug-likeness (QED) is 0.358. The van der Waals surface area contributed by atoms with E-state index in [2.05, 4.69) is 15.5 Å². The Balaban J connectivity index is 1.33. The van der Waals surface area contributed by atoms with Crippen molar-refractivity contribution in [1.82, 2.24) is 10.2 Å². The van der Waals surface area contributed by atoms with Crippen molar-refractivity contribution in [1.29, 1.82) is 0 Å². The van der Waals surface area contributed by atoms with Gasteiger partial charge in [0.25, 0.3) is 15.9 Å². The van der Waals surface area contributed by atoms with Crippen molar-refractivity contribution in [2.45, 2.75) is 11.8 Å². The molecule has 3 aromatic carbocycles. The highest BCUT2D eigenvalue weighted by Crippen LogP contribution is 2.23. The number of hydrogen-bond acceptors (Lipinski definition) is 8. The van der Waals surface area contributed by atoms with Gasteiger partial charge in [-0.1, -0.05) is 41.0 Å². The van der Waals surface area contributed by atoms with Crippen molar-refractivity contribution in [2.75, 3.05) is 23.3 Å². The summed E-state index contributed by atoms with van der Waals surface area (Å²) in [5, 5.41) is 9.97. The summed E-state index contributed by atoms with van der Waals surface area (Å²) in [5.41, 5.74) is 2.15. The zero-order valence-corrected chi connectivity index (χ0v) is 20.2. The molecule has 0 saturated heterocycles. The summed E-state index contributed by atoms with van der Waals surface area (Å²) >= 11 is 0. The highest BCUT2D eigenvalue weighted by molar-refractivity contribution is 7.92. The number of rotatable bonds is 8. The van der Waals surface area contributed by atoms with Crippen LogP contribution in [0.25, 0.3) is 11.5 Å². The number of aryl methyl sites for hydroxylation is 1. The van der Waals surface area contributed by atoms with Crippen LogP contribution in [-0.4, -0.2) is 44.1 Å². The first-order valence-electron chi connectivity index (χ1n) is 10.8. The molecule has 0 fully saturated rings. The molecule has 0 aliphatic heterocycles. The first kappa shape index (κ1) is 24.6. The fourth-order valence-electron chi connectivity index (χ4n) is 3.16. The fourth-order valence-corrected chi connectivity index (χ4v) is 4.35. The van der Waals surface area contributed by atoms with Gasteiger partial charge in [-0.25, -0.2) is 13.2 Å². The molecule has 0 aliphatic rings. The lowest BCUT2D eigenvalue weighted by Crippen LogP contribution is -2.26. The van der Waals surface area contributed by atoms with E-state index in [1.807, 2.05) is 25.1 Å². The number of esters is 1. The van der Waals surface area contributed by atoms with Crippen LogP contribution in [0, 0.1) is 6.92 Å². The van der Waals surface area contributed by atoms with Crippen molar-refractivity contribution >= 4 is 33.6 Å². The highest BCUT2D eigenvalue weighted by atomic mass is 32.2. The number of amides is 1. The SMILES string of the molecule is Cc1ccc(S(=O)(=O)N(C)c2ccc(C(=O)OCC(=O)Nc3nnc(-c4ccccc4)o3)cc2)cc1. The summed E-state index contributed by atoms with van der Waals surface area (Å²) in [6.45, 7) is 1.29. The summed E-state index contributed by atoms with van der Waals surface area (Å²) in [5.74, 6) is -1.18. The van der Waals surface area contributed by atoms with E-state index in [4.69, 9.17) is 9.15 Å². The summed E-state index contributed by atoms with van der Waals surface area (Å²) in [6.07, 6.45) is 0. The Bertz CT molecular complexity index is 1470. The summed E-state index contributed by atoms with van der Waals surface area (Å²) in [4.78, 5) is 24.6. The smallest absolute Gasteiger partial charge is 0.338 e. The third-order valence-corrected chi connectivity index (χ3v) is 6.97. The standard InChI is InChI=1S/C25H22N4O6S/c1-17-8-14-21(15-9-17)36(32,33)29(2)20-12-10-19(11-13-20)24(31)34-16-22(30)26-25-28-27-23(35-25)18-6-4-3-5-7-18/h3-15H,16H2,1-2H3,(H,26,28,30). The minimum absolute atomic E-state index is 0.128. The lowest BCUT2D eigenvalue weighted by molar-refractivity contribution is -0.119. The van der Waals surface area contributed by atoms with E-state index in [0.717, 1.165) is 9.87 Å². The van der Waals surface area contributed by atoms with Crippen molar-refractivity contribution in [2.24, 2.45) is 0 Å². The second-order valence-corrected chi connectivity index (χ2v) is 9.70. The van der Waals surface area contributed by atoms with Crippen LogP contribution >= 0.6 is 0 Å². The second-order valence-electron chi connectivity index (χ2n) is 7.74. The third kappa shape index (κ3) is 5.58. The predicted octanol–water partition coefficient (Wildman–Crippen LogP) is 3.67. The van der Waals surface area contributed by atoms with Gasteiger partial charge in [0.1, 0.15) is 0 Å². The second kappa shape index (κ2) is 10.4. The van der Waals surface area contributed by atoms with E-state index in [1.165, 1.54) is 43.4 Å². The van der Waals surface area contributed by atoms with E-state index < -0.39 is 28.5 Å². The molecule has 1 amide bonds. The van der Waals surface area contributed by atoms with Gasteiger partial charge in [0, 0.05) is 12.6 Å². The van der Waals surface area contributed by atoms with Crippen LogP contribution in [0.2, 0.25) is 0 Å². The molecule has 0 bridgehead atoms. The topological polar surface area (TPSA) is 132 Å². The van der Waals surface area contributed by atoms with Gasteiger partial charge in [-0.05, 0) is 55.5 Å². The first-order chi connectivity index (χ1) is 17.2. The maximum Gasteiger partial charge on any atom is 0.338 e. The maximum atomic E-state index is 12.8. The molecule has 4 aromatic rings. The lowest BCUT2D eigenvalue weighted by Gasteiger charge is -2.19. The number of carbonyl (C=O) groups excluding carboxylic acids is 2. The molecule has 1 aromatic heterocycles. The lowest BCUT2D eigenvalue weighted by atomic mass is 10.2. The van der Waals surface area contributed by atoms with Gasteiger partial charge in [-0.3, -0.25) is 14.4 Å². The molecule has 1 N–H and O–H groups in total. The Morgan fingerprint density at radius 2 is 1.61 bits per heavy atom. The molecular weight excluding hydrogens is 484 g/mol.